The number of anilines is 1. The maximum absolute atomic E-state index is 6.03. The number of fused-ring (bicyclic) bond motifs is 3. The van der Waals surface area contributed by atoms with Crippen molar-refractivity contribution in [1.29, 1.82) is 0 Å². The van der Waals surface area contributed by atoms with Gasteiger partial charge in [0.2, 0.25) is 0 Å². The highest BCUT2D eigenvalue weighted by Crippen LogP contribution is 2.29. The Morgan fingerprint density at radius 2 is 1.88 bits per heavy atom. The van der Waals surface area contributed by atoms with Crippen molar-refractivity contribution in [3.63, 3.8) is 0 Å². The van der Waals surface area contributed by atoms with E-state index in [0.29, 0.717) is 0 Å². The number of quaternary nitrogens is 1. The van der Waals surface area contributed by atoms with Gasteiger partial charge in [0.05, 0.1) is 18.3 Å². The molecular formula is C21H20IN3. The second-order valence-corrected chi connectivity index (χ2v) is 6.43. The van der Waals surface area contributed by atoms with E-state index < -0.39 is 0 Å². The normalized spacial score (nSPS) is 19.6. The molecule has 0 spiro atoms. The van der Waals surface area contributed by atoms with Crippen LogP contribution in [0.1, 0.15) is 5.69 Å². The molecule has 126 valence electrons. The molecule has 1 atom stereocenters. The Morgan fingerprint density at radius 3 is 2.68 bits per heavy atom. The topological polar surface area (TPSA) is 38.9 Å². The van der Waals surface area contributed by atoms with Gasteiger partial charge in [-0.25, -0.2) is 4.98 Å². The molecule has 1 aliphatic heterocycles. The zero-order chi connectivity index (χ0) is 16.6. The number of nitrogens with zero attached hydrogens (tertiary/aromatic N) is 2. The zero-order valence-corrected chi connectivity index (χ0v) is 16.2. The van der Waals surface area contributed by atoms with Gasteiger partial charge in [0.15, 0.2) is 0 Å². The predicted molar refractivity (Wildman–Crippen MR) is 102 cm³/mol. The molecule has 25 heavy (non-hydrogen) atoms. The number of nitrogen functional groups attached to an aromatic ring is 1. The summed E-state index contributed by atoms with van der Waals surface area (Å²) in [6, 6.07) is 14.3. The summed E-state index contributed by atoms with van der Waals surface area (Å²) < 4.78 is 0.731. The first-order chi connectivity index (χ1) is 11.6. The van der Waals surface area contributed by atoms with Crippen molar-refractivity contribution in [3.05, 3.63) is 78.8 Å². The van der Waals surface area contributed by atoms with Crippen LogP contribution in [0.3, 0.4) is 0 Å². The summed E-state index contributed by atoms with van der Waals surface area (Å²) in [6.45, 7) is 0.945. The van der Waals surface area contributed by atoms with Gasteiger partial charge in [-0.15, -0.1) is 0 Å². The Kier molecular flexibility index (Phi) is 4.92. The first-order valence-corrected chi connectivity index (χ1v) is 8.11. The molecule has 2 N–H and O–H groups in total. The van der Waals surface area contributed by atoms with Crippen LogP contribution in [0.25, 0.3) is 27.8 Å². The lowest BCUT2D eigenvalue weighted by Gasteiger charge is -2.25. The summed E-state index contributed by atoms with van der Waals surface area (Å²) in [7, 11) is 2.17. The smallest absolute Gasteiger partial charge is 0.106 e. The Labute approximate surface area is 164 Å². The number of hydrogen-bond donors (Lipinski definition) is 1. The highest BCUT2D eigenvalue weighted by molar-refractivity contribution is 6.09. The molecule has 0 fully saturated rings. The fourth-order valence-electron chi connectivity index (χ4n) is 3.15. The van der Waals surface area contributed by atoms with Crippen molar-refractivity contribution in [2.24, 2.45) is 0 Å². The van der Waals surface area contributed by atoms with Crippen LogP contribution < -0.4 is 29.7 Å². The number of pyridine rings is 1. The van der Waals surface area contributed by atoms with Crippen LogP contribution in [0.4, 0.5) is 5.69 Å². The minimum atomic E-state index is 0. The van der Waals surface area contributed by atoms with Gasteiger partial charge in [-0.05, 0) is 35.7 Å². The SMILES string of the molecule is C[N+]1(/C=C\c2nc3ccccc3c3ccc(N)cc23)C=CC=CC1.[I-]. The van der Waals surface area contributed by atoms with Gasteiger partial charge in [0.1, 0.15) is 18.9 Å². The average Bonchev–Trinajstić information content (AvgIpc) is 2.60. The molecule has 1 unspecified atom stereocenters. The van der Waals surface area contributed by atoms with Gasteiger partial charge in [0, 0.05) is 22.5 Å². The number of nitrogens with two attached hydrogens (primary N) is 1. The molecule has 1 aromatic heterocycles. The maximum Gasteiger partial charge on any atom is 0.106 e. The van der Waals surface area contributed by atoms with E-state index in [1.54, 1.807) is 0 Å². The molecular weight excluding hydrogens is 421 g/mol. The summed E-state index contributed by atoms with van der Waals surface area (Å²) in [6.07, 6.45) is 12.8. The summed E-state index contributed by atoms with van der Waals surface area (Å²) >= 11 is 0. The highest BCUT2D eigenvalue weighted by atomic mass is 127. The third-order valence-corrected chi connectivity index (χ3v) is 4.50. The third-order valence-electron chi connectivity index (χ3n) is 4.50. The van der Waals surface area contributed by atoms with Gasteiger partial charge < -0.3 is 29.7 Å². The van der Waals surface area contributed by atoms with Crippen LogP contribution in [0.15, 0.2) is 73.1 Å². The lowest BCUT2D eigenvalue weighted by Crippen LogP contribution is -3.00. The molecule has 0 aliphatic carbocycles. The third kappa shape index (κ3) is 3.45. The molecule has 3 nitrogen and oxygen atoms in total. The largest absolute Gasteiger partial charge is 1.00 e. The molecule has 3 aromatic rings. The number of likely N-dealkylation sites (N-methyl/N-ethyl adjacent to an activating group) is 1. The van der Waals surface area contributed by atoms with Crippen molar-refractivity contribution in [2.45, 2.75) is 0 Å². The summed E-state index contributed by atoms with van der Waals surface area (Å²) in [5, 5.41) is 3.44. The van der Waals surface area contributed by atoms with Gasteiger partial charge in [-0.2, -0.15) is 0 Å². The van der Waals surface area contributed by atoms with Gasteiger partial charge in [-0.1, -0.05) is 30.3 Å². The number of allylic oxidation sites excluding steroid dienone is 2. The number of benzene rings is 2. The van der Waals surface area contributed by atoms with Crippen molar-refractivity contribution in [3.8, 4) is 0 Å². The van der Waals surface area contributed by atoms with Crippen LogP contribution in [0, 0.1) is 0 Å². The Balaban J connectivity index is 0.00000182. The summed E-state index contributed by atoms with van der Waals surface area (Å²) in [5.41, 5.74) is 8.75. The molecule has 0 amide bonds. The number of halogens is 1. The minimum Gasteiger partial charge on any atom is -1.00 e. The summed E-state index contributed by atoms with van der Waals surface area (Å²) in [4.78, 5) is 4.87. The van der Waals surface area contributed by atoms with Crippen LogP contribution in [-0.4, -0.2) is 23.1 Å². The van der Waals surface area contributed by atoms with Crippen molar-refractivity contribution < 1.29 is 28.5 Å². The molecule has 4 rings (SSSR count). The molecule has 4 heteroatoms. The first-order valence-electron chi connectivity index (χ1n) is 8.11. The van der Waals surface area contributed by atoms with E-state index in [1.165, 1.54) is 5.39 Å². The van der Waals surface area contributed by atoms with E-state index in [4.69, 9.17) is 10.7 Å². The second-order valence-electron chi connectivity index (χ2n) is 6.43. The lowest BCUT2D eigenvalue weighted by molar-refractivity contribution is -0.799. The van der Waals surface area contributed by atoms with Crippen molar-refractivity contribution in [1.82, 2.24) is 4.98 Å². The minimum absolute atomic E-state index is 0. The first kappa shape index (κ1) is 17.6. The van der Waals surface area contributed by atoms with Gasteiger partial charge in [-0.3, -0.25) is 4.48 Å². The predicted octanol–water partition coefficient (Wildman–Crippen LogP) is 1.47. The quantitative estimate of drug-likeness (QED) is 0.283. The lowest BCUT2D eigenvalue weighted by atomic mass is 10.0. The molecule has 0 radical (unpaired) electrons. The Bertz CT molecular complexity index is 1020. The molecule has 0 saturated carbocycles. The second kappa shape index (κ2) is 6.98. The average molecular weight is 441 g/mol. The number of rotatable bonds is 2. The molecule has 0 saturated heterocycles. The number of aromatic nitrogens is 1. The van der Waals surface area contributed by atoms with E-state index in [1.807, 2.05) is 24.3 Å². The fourth-order valence-corrected chi connectivity index (χ4v) is 3.15. The van der Waals surface area contributed by atoms with Crippen LogP contribution in [0.5, 0.6) is 0 Å². The Hall–Kier alpha value is -2.18. The van der Waals surface area contributed by atoms with E-state index in [9.17, 15) is 0 Å². The monoisotopic (exact) mass is 441 g/mol. The highest BCUT2D eigenvalue weighted by Gasteiger charge is 2.15. The number of hydrogen-bond acceptors (Lipinski definition) is 2. The number of para-hydroxylation sites is 1. The van der Waals surface area contributed by atoms with Crippen LogP contribution in [0.2, 0.25) is 0 Å². The van der Waals surface area contributed by atoms with Crippen LogP contribution >= 0.6 is 0 Å². The standard InChI is InChI=1S/C21H20N3.HI/c1-24(12-5-2-6-13-24)14-11-21-19-15-16(22)9-10-17(19)18-7-3-4-8-20(18)23-21;/h2-12,14-15H,13,22H2,1H3;1H/q+1;/p-1/b14-11-;. The van der Waals surface area contributed by atoms with Gasteiger partial charge in [0.25, 0.3) is 0 Å². The van der Waals surface area contributed by atoms with Crippen LogP contribution in [-0.2, 0) is 0 Å². The zero-order valence-electron chi connectivity index (χ0n) is 14.1. The Morgan fingerprint density at radius 1 is 1.04 bits per heavy atom. The van der Waals surface area contributed by atoms with E-state index in [2.05, 4.69) is 62.0 Å². The maximum atomic E-state index is 6.03. The molecule has 2 heterocycles. The molecule has 0 bridgehead atoms. The summed E-state index contributed by atoms with van der Waals surface area (Å²) in [5.74, 6) is 0. The fraction of sp³-hybridized carbons (Fsp3) is 0.0952. The molecule has 1 aliphatic rings. The molecule has 2 aromatic carbocycles. The van der Waals surface area contributed by atoms with Crippen molar-refractivity contribution in [2.75, 3.05) is 19.3 Å². The van der Waals surface area contributed by atoms with E-state index in [0.717, 1.165) is 38.7 Å². The van der Waals surface area contributed by atoms with E-state index >= 15 is 0 Å². The van der Waals surface area contributed by atoms with Crippen molar-refractivity contribution >= 4 is 33.4 Å². The van der Waals surface area contributed by atoms with E-state index in [-0.39, 0.29) is 24.0 Å². The van der Waals surface area contributed by atoms with Gasteiger partial charge >= 0.3 is 0 Å².